The van der Waals surface area contributed by atoms with Crippen molar-refractivity contribution in [1.29, 1.82) is 0 Å². The van der Waals surface area contributed by atoms with Crippen molar-refractivity contribution >= 4 is 17.8 Å². The van der Waals surface area contributed by atoms with E-state index in [4.69, 9.17) is 5.11 Å². The summed E-state index contributed by atoms with van der Waals surface area (Å²) in [6, 6.07) is 0. The largest absolute Gasteiger partial charge is 0.481 e. The van der Waals surface area contributed by atoms with Crippen LogP contribution < -0.4 is 5.32 Å². The molecule has 0 aromatic carbocycles. The quantitative estimate of drug-likeness (QED) is 0.421. The first kappa shape index (κ1) is 15.2. The van der Waals surface area contributed by atoms with Gasteiger partial charge in [-0.25, -0.2) is 0 Å². The Labute approximate surface area is 111 Å². The van der Waals surface area contributed by atoms with Gasteiger partial charge in [0.05, 0.1) is 18.9 Å². The molecule has 0 saturated carbocycles. The van der Waals surface area contributed by atoms with Crippen molar-refractivity contribution in [3.05, 3.63) is 12.2 Å². The van der Waals surface area contributed by atoms with Gasteiger partial charge in [-0.3, -0.25) is 14.4 Å². The van der Waals surface area contributed by atoms with E-state index in [1.54, 1.807) is 6.08 Å². The van der Waals surface area contributed by atoms with Crippen LogP contribution in [-0.2, 0) is 19.1 Å². The summed E-state index contributed by atoms with van der Waals surface area (Å²) in [5.41, 5.74) is 0. The zero-order valence-electron chi connectivity index (χ0n) is 10.9. The molecule has 1 aliphatic carbocycles. The lowest BCUT2D eigenvalue weighted by molar-refractivity contribution is -0.147. The van der Waals surface area contributed by atoms with Gasteiger partial charge in [0, 0.05) is 13.0 Å². The molecule has 0 aromatic rings. The van der Waals surface area contributed by atoms with Crippen molar-refractivity contribution in [2.24, 2.45) is 11.8 Å². The molecule has 0 aromatic heterocycles. The van der Waals surface area contributed by atoms with Gasteiger partial charge < -0.3 is 15.2 Å². The second kappa shape index (κ2) is 7.56. The Morgan fingerprint density at radius 2 is 1.89 bits per heavy atom. The van der Waals surface area contributed by atoms with Gasteiger partial charge in [0.2, 0.25) is 5.91 Å². The molecule has 0 bridgehead atoms. The zero-order valence-corrected chi connectivity index (χ0v) is 10.9. The number of aliphatic carboxylic acids is 1. The fourth-order valence-corrected chi connectivity index (χ4v) is 2.05. The summed E-state index contributed by atoms with van der Waals surface area (Å²) in [5, 5.41) is 11.7. The fraction of sp³-hybridized carbons (Fsp3) is 0.615. The molecule has 1 rings (SSSR count). The third-order valence-electron chi connectivity index (χ3n) is 3.17. The van der Waals surface area contributed by atoms with Gasteiger partial charge in [-0.15, -0.1) is 0 Å². The summed E-state index contributed by atoms with van der Waals surface area (Å²) in [6.07, 6.45) is 5.18. The number of rotatable bonds is 6. The first-order valence-corrected chi connectivity index (χ1v) is 6.28. The maximum Gasteiger partial charge on any atom is 0.307 e. The van der Waals surface area contributed by atoms with Crippen molar-refractivity contribution < 1.29 is 24.2 Å². The monoisotopic (exact) mass is 269 g/mol. The number of hydrogen-bond acceptors (Lipinski definition) is 4. The average Bonchev–Trinajstić information content (AvgIpc) is 2.42. The van der Waals surface area contributed by atoms with E-state index in [1.807, 2.05) is 6.08 Å². The second-order valence-corrected chi connectivity index (χ2v) is 4.46. The Bertz CT molecular complexity index is 377. The molecule has 0 fully saturated rings. The molecule has 2 unspecified atom stereocenters. The normalized spacial score (nSPS) is 21.7. The van der Waals surface area contributed by atoms with Gasteiger partial charge in [-0.2, -0.15) is 0 Å². The van der Waals surface area contributed by atoms with Crippen LogP contribution in [-0.4, -0.2) is 36.6 Å². The Morgan fingerprint density at radius 1 is 1.26 bits per heavy atom. The number of ether oxygens (including phenoxy) is 1. The lowest BCUT2D eigenvalue weighted by Crippen LogP contribution is -2.39. The Hall–Kier alpha value is -1.85. The lowest BCUT2D eigenvalue weighted by Gasteiger charge is -2.24. The molecule has 0 spiro atoms. The Balaban J connectivity index is 2.37. The summed E-state index contributed by atoms with van der Waals surface area (Å²) in [6.45, 7) is 0.348. The molecule has 6 heteroatoms. The number of carboxylic acid groups (broad SMARTS) is 1. The van der Waals surface area contributed by atoms with E-state index >= 15 is 0 Å². The molecule has 0 aliphatic heterocycles. The van der Waals surface area contributed by atoms with E-state index in [0.717, 1.165) is 0 Å². The first-order valence-electron chi connectivity index (χ1n) is 6.28. The van der Waals surface area contributed by atoms with Crippen LogP contribution in [0.15, 0.2) is 12.2 Å². The number of esters is 1. The van der Waals surface area contributed by atoms with Crippen LogP contribution in [0.25, 0.3) is 0 Å². The van der Waals surface area contributed by atoms with Gasteiger partial charge in [0.25, 0.3) is 0 Å². The topological polar surface area (TPSA) is 92.7 Å². The number of methoxy groups -OCH3 is 1. The van der Waals surface area contributed by atoms with E-state index in [9.17, 15) is 14.4 Å². The maximum absolute atomic E-state index is 11.9. The molecule has 106 valence electrons. The minimum atomic E-state index is -0.945. The van der Waals surface area contributed by atoms with Crippen molar-refractivity contribution in [2.45, 2.75) is 25.7 Å². The molecule has 2 N–H and O–H groups in total. The maximum atomic E-state index is 11.9. The number of carboxylic acids is 1. The highest BCUT2D eigenvalue weighted by atomic mass is 16.5. The van der Waals surface area contributed by atoms with Crippen LogP contribution >= 0.6 is 0 Å². The highest BCUT2D eigenvalue weighted by Crippen LogP contribution is 2.25. The van der Waals surface area contributed by atoms with Gasteiger partial charge in [0.1, 0.15) is 0 Å². The van der Waals surface area contributed by atoms with Crippen LogP contribution in [0, 0.1) is 11.8 Å². The van der Waals surface area contributed by atoms with Crippen molar-refractivity contribution in [2.75, 3.05) is 13.7 Å². The van der Waals surface area contributed by atoms with Gasteiger partial charge in [-0.1, -0.05) is 12.2 Å². The first-order chi connectivity index (χ1) is 9.06. The third-order valence-corrected chi connectivity index (χ3v) is 3.17. The number of hydrogen-bond donors (Lipinski definition) is 2. The van der Waals surface area contributed by atoms with Crippen LogP contribution in [0.4, 0.5) is 0 Å². The van der Waals surface area contributed by atoms with E-state index in [0.29, 0.717) is 25.8 Å². The SMILES string of the molecule is COC(=O)CCCNC(=O)C1CC=CCC1C(=O)O. The standard InChI is InChI=1S/C13H19NO5/c1-19-11(15)7-4-8-14-12(16)9-5-2-3-6-10(9)13(17)18/h2-3,9-10H,4-8H2,1H3,(H,14,16)(H,17,18). The fourth-order valence-electron chi connectivity index (χ4n) is 2.05. The van der Waals surface area contributed by atoms with Crippen molar-refractivity contribution in [1.82, 2.24) is 5.32 Å². The third kappa shape index (κ3) is 4.73. The van der Waals surface area contributed by atoms with Crippen LogP contribution in [0.3, 0.4) is 0 Å². The molecular formula is C13H19NO5. The van der Waals surface area contributed by atoms with E-state index in [1.165, 1.54) is 7.11 Å². The van der Waals surface area contributed by atoms with Crippen LogP contribution in [0.1, 0.15) is 25.7 Å². The number of nitrogens with one attached hydrogen (secondary N) is 1. The Morgan fingerprint density at radius 3 is 2.47 bits per heavy atom. The van der Waals surface area contributed by atoms with Gasteiger partial charge in [-0.05, 0) is 19.3 Å². The molecule has 0 saturated heterocycles. The number of amides is 1. The highest BCUT2D eigenvalue weighted by molar-refractivity contribution is 5.85. The van der Waals surface area contributed by atoms with Crippen molar-refractivity contribution in [3.8, 4) is 0 Å². The number of carbonyl (C=O) groups is 3. The smallest absolute Gasteiger partial charge is 0.307 e. The van der Waals surface area contributed by atoms with E-state index < -0.39 is 17.8 Å². The van der Waals surface area contributed by atoms with Gasteiger partial charge in [0.15, 0.2) is 0 Å². The second-order valence-electron chi connectivity index (χ2n) is 4.46. The molecule has 0 radical (unpaired) electrons. The molecule has 6 nitrogen and oxygen atoms in total. The molecule has 19 heavy (non-hydrogen) atoms. The molecule has 1 amide bonds. The summed E-state index contributed by atoms with van der Waals surface area (Å²) in [5.74, 6) is -2.72. The molecule has 1 aliphatic rings. The highest BCUT2D eigenvalue weighted by Gasteiger charge is 2.33. The molecule has 2 atom stereocenters. The summed E-state index contributed by atoms with van der Waals surface area (Å²) < 4.78 is 4.48. The van der Waals surface area contributed by atoms with Crippen LogP contribution in [0.2, 0.25) is 0 Å². The zero-order chi connectivity index (χ0) is 14.3. The summed E-state index contributed by atoms with van der Waals surface area (Å²) in [4.78, 5) is 33.8. The Kier molecular flexibility index (Phi) is 6.05. The lowest BCUT2D eigenvalue weighted by atomic mass is 9.82. The van der Waals surface area contributed by atoms with Crippen LogP contribution in [0.5, 0.6) is 0 Å². The predicted octanol–water partition coefficient (Wildman–Crippen LogP) is 0.723. The van der Waals surface area contributed by atoms with E-state index in [-0.39, 0.29) is 18.3 Å². The van der Waals surface area contributed by atoms with Gasteiger partial charge >= 0.3 is 11.9 Å². The minimum absolute atomic E-state index is 0.240. The summed E-state index contributed by atoms with van der Waals surface area (Å²) >= 11 is 0. The average molecular weight is 269 g/mol. The summed E-state index contributed by atoms with van der Waals surface area (Å²) in [7, 11) is 1.31. The predicted molar refractivity (Wildman–Crippen MR) is 67.2 cm³/mol. The van der Waals surface area contributed by atoms with E-state index in [2.05, 4.69) is 10.1 Å². The number of carbonyl (C=O) groups excluding carboxylic acids is 2. The number of allylic oxidation sites excluding steroid dienone is 2. The minimum Gasteiger partial charge on any atom is -0.481 e. The molecule has 0 heterocycles. The molecular weight excluding hydrogens is 250 g/mol. The van der Waals surface area contributed by atoms with Crippen molar-refractivity contribution in [3.63, 3.8) is 0 Å².